The van der Waals surface area contributed by atoms with Crippen LogP contribution in [-0.2, 0) is 27.2 Å². The lowest BCUT2D eigenvalue weighted by Crippen LogP contribution is -2.30. The largest absolute Gasteiger partial charge is 0.493 e. The number of nitrogens with one attached hydrogen (secondary N) is 1. The lowest BCUT2D eigenvalue weighted by Gasteiger charge is -2.08. The van der Waals surface area contributed by atoms with Crippen molar-refractivity contribution in [3.63, 3.8) is 0 Å². The van der Waals surface area contributed by atoms with Crippen molar-refractivity contribution in [1.82, 2.24) is 10.3 Å². The minimum atomic E-state index is -0.512. The minimum absolute atomic E-state index is 0.0121. The van der Waals surface area contributed by atoms with Crippen LogP contribution in [0.15, 0.2) is 47.8 Å². The van der Waals surface area contributed by atoms with Gasteiger partial charge in [-0.05, 0) is 42.3 Å². The topological polar surface area (TPSA) is 86.8 Å². The van der Waals surface area contributed by atoms with Crippen molar-refractivity contribution in [2.45, 2.75) is 12.8 Å². The van der Waals surface area contributed by atoms with Crippen LogP contribution >= 0.6 is 22.9 Å². The number of hydrogen-bond donors (Lipinski definition) is 1. The summed E-state index contributed by atoms with van der Waals surface area (Å²) in [5.41, 5.74) is 2.49. The Bertz CT molecular complexity index is 1070. The number of ether oxygens (including phenoxy) is 3. The fourth-order valence-corrected chi connectivity index (χ4v) is 3.83. The van der Waals surface area contributed by atoms with E-state index in [-0.39, 0.29) is 18.9 Å². The molecule has 32 heavy (non-hydrogen) atoms. The van der Waals surface area contributed by atoms with Gasteiger partial charge in [-0.25, -0.2) is 4.98 Å². The van der Waals surface area contributed by atoms with Gasteiger partial charge in [0.15, 0.2) is 18.1 Å². The monoisotopic (exact) mass is 474 g/mol. The van der Waals surface area contributed by atoms with Crippen LogP contribution in [-0.4, -0.2) is 44.2 Å². The highest BCUT2D eigenvalue weighted by atomic mass is 35.5. The van der Waals surface area contributed by atoms with E-state index in [0.717, 1.165) is 16.1 Å². The van der Waals surface area contributed by atoms with Crippen molar-refractivity contribution in [2.24, 2.45) is 0 Å². The number of nitrogens with zero attached hydrogens (tertiary/aromatic N) is 1. The first-order valence-electron chi connectivity index (χ1n) is 9.82. The number of carbonyl (C=O) groups is 2. The second-order valence-electron chi connectivity index (χ2n) is 6.78. The van der Waals surface area contributed by atoms with Gasteiger partial charge in [-0.15, -0.1) is 11.3 Å². The van der Waals surface area contributed by atoms with Gasteiger partial charge in [0, 0.05) is 22.5 Å². The molecule has 1 heterocycles. The van der Waals surface area contributed by atoms with Gasteiger partial charge in [0.05, 0.1) is 26.3 Å². The molecule has 0 spiro atoms. The maximum absolute atomic E-state index is 12.1. The van der Waals surface area contributed by atoms with Crippen LogP contribution in [0.4, 0.5) is 0 Å². The number of aromatic nitrogens is 1. The van der Waals surface area contributed by atoms with Gasteiger partial charge in [-0.1, -0.05) is 23.7 Å². The van der Waals surface area contributed by atoms with Crippen LogP contribution in [0.25, 0.3) is 10.6 Å². The molecule has 0 bridgehead atoms. The van der Waals surface area contributed by atoms with E-state index in [2.05, 4.69) is 10.3 Å². The van der Waals surface area contributed by atoms with E-state index in [1.54, 1.807) is 37.8 Å². The van der Waals surface area contributed by atoms with Gasteiger partial charge in [-0.2, -0.15) is 0 Å². The summed E-state index contributed by atoms with van der Waals surface area (Å²) in [4.78, 5) is 28.5. The van der Waals surface area contributed by atoms with E-state index in [9.17, 15) is 9.59 Å². The van der Waals surface area contributed by atoms with Gasteiger partial charge >= 0.3 is 5.97 Å². The molecular weight excluding hydrogens is 452 g/mol. The highest BCUT2D eigenvalue weighted by Gasteiger charge is 2.13. The van der Waals surface area contributed by atoms with Crippen LogP contribution in [0.2, 0.25) is 5.02 Å². The molecule has 1 N–H and O–H groups in total. The molecule has 0 aliphatic carbocycles. The van der Waals surface area contributed by atoms with Crippen molar-refractivity contribution in [3.8, 4) is 22.1 Å². The Morgan fingerprint density at radius 2 is 1.81 bits per heavy atom. The van der Waals surface area contributed by atoms with Gasteiger partial charge < -0.3 is 19.5 Å². The van der Waals surface area contributed by atoms with Crippen LogP contribution in [0.3, 0.4) is 0 Å². The van der Waals surface area contributed by atoms with Gasteiger partial charge in [0.1, 0.15) is 5.01 Å². The molecule has 0 saturated carbocycles. The Hall–Kier alpha value is -3.10. The molecule has 1 amide bonds. The van der Waals surface area contributed by atoms with E-state index < -0.39 is 5.97 Å². The molecule has 0 aliphatic rings. The van der Waals surface area contributed by atoms with Crippen molar-refractivity contribution in [2.75, 3.05) is 27.4 Å². The smallest absolute Gasteiger partial charge is 0.312 e. The third kappa shape index (κ3) is 6.70. The molecule has 0 saturated heterocycles. The number of rotatable bonds is 10. The van der Waals surface area contributed by atoms with E-state index in [1.807, 2.05) is 24.3 Å². The first-order valence-corrected chi connectivity index (χ1v) is 11.1. The fourth-order valence-electron chi connectivity index (χ4n) is 2.88. The molecular formula is C23H23ClN2O5S. The van der Waals surface area contributed by atoms with Crippen LogP contribution in [0.1, 0.15) is 11.3 Å². The quantitative estimate of drug-likeness (QED) is 0.448. The second-order valence-corrected chi connectivity index (χ2v) is 8.07. The van der Waals surface area contributed by atoms with Gasteiger partial charge in [0.25, 0.3) is 5.91 Å². The molecule has 3 aromatic rings. The highest BCUT2D eigenvalue weighted by molar-refractivity contribution is 7.13. The van der Waals surface area contributed by atoms with Crippen LogP contribution in [0, 0.1) is 0 Å². The summed E-state index contributed by atoms with van der Waals surface area (Å²) in [6, 6.07) is 12.9. The Labute approximate surface area is 195 Å². The number of thiazole rings is 1. The predicted octanol–water partition coefficient (Wildman–Crippen LogP) is 3.93. The lowest BCUT2D eigenvalue weighted by molar-refractivity contribution is -0.147. The number of halogens is 1. The van der Waals surface area contributed by atoms with Crippen molar-refractivity contribution in [3.05, 3.63) is 64.1 Å². The summed E-state index contributed by atoms with van der Waals surface area (Å²) >= 11 is 7.26. The normalized spacial score (nSPS) is 10.5. The summed E-state index contributed by atoms with van der Waals surface area (Å²) in [7, 11) is 3.14. The maximum atomic E-state index is 12.1. The van der Waals surface area contributed by atoms with Crippen molar-refractivity contribution in [1.29, 1.82) is 0 Å². The van der Waals surface area contributed by atoms with Crippen molar-refractivity contribution >= 4 is 34.8 Å². The zero-order valence-corrected chi connectivity index (χ0v) is 19.3. The van der Waals surface area contributed by atoms with Crippen LogP contribution < -0.4 is 14.8 Å². The van der Waals surface area contributed by atoms with Gasteiger partial charge in [0.2, 0.25) is 0 Å². The molecule has 0 atom stereocenters. The molecule has 168 valence electrons. The molecule has 3 rings (SSSR count). The molecule has 0 radical (unpaired) electrons. The number of carbonyl (C=O) groups excluding carboxylic acids is 2. The standard InChI is InChI=1S/C23H23ClN2O5S/c1-29-19-8-5-16(11-20(19)30-2)23-26-18(14-32-23)12-22(28)31-13-21(27)25-10-9-15-3-6-17(24)7-4-15/h3-8,11,14H,9-10,12-13H2,1-2H3,(H,25,27). The zero-order valence-electron chi connectivity index (χ0n) is 17.7. The third-order valence-corrected chi connectivity index (χ3v) is 5.71. The average Bonchev–Trinajstić information content (AvgIpc) is 3.27. The molecule has 2 aromatic carbocycles. The highest BCUT2D eigenvalue weighted by Crippen LogP contribution is 2.33. The van der Waals surface area contributed by atoms with Crippen molar-refractivity contribution < 1.29 is 23.8 Å². The summed E-state index contributed by atoms with van der Waals surface area (Å²) in [5.74, 6) is 0.366. The summed E-state index contributed by atoms with van der Waals surface area (Å²) in [6.07, 6.45) is 0.649. The SMILES string of the molecule is COc1ccc(-c2nc(CC(=O)OCC(=O)NCCc3ccc(Cl)cc3)cs2)cc1OC. The first kappa shape index (κ1) is 23.6. The zero-order chi connectivity index (χ0) is 22.9. The number of methoxy groups -OCH3 is 2. The minimum Gasteiger partial charge on any atom is -0.493 e. The molecule has 7 nitrogen and oxygen atoms in total. The lowest BCUT2D eigenvalue weighted by atomic mass is 10.1. The Balaban J connectivity index is 1.44. The summed E-state index contributed by atoms with van der Waals surface area (Å²) in [6.45, 7) is 0.116. The number of amides is 1. The summed E-state index contributed by atoms with van der Waals surface area (Å²) in [5, 5.41) is 5.93. The molecule has 1 aromatic heterocycles. The second kappa shape index (κ2) is 11.5. The number of benzene rings is 2. The van der Waals surface area contributed by atoms with Crippen LogP contribution in [0.5, 0.6) is 11.5 Å². The first-order chi connectivity index (χ1) is 15.5. The molecule has 9 heteroatoms. The number of hydrogen-bond acceptors (Lipinski definition) is 7. The third-order valence-electron chi connectivity index (χ3n) is 4.52. The maximum Gasteiger partial charge on any atom is 0.312 e. The molecule has 0 fully saturated rings. The van der Waals surface area contributed by atoms with E-state index in [1.165, 1.54) is 11.3 Å². The molecule has 0 aliphatic heterocycles. The fraction of sp³-hybridized carbons (Fsp3) is 0.261. The van der Waals surface area contributed by atoms with E-state index in [4.69, 9.17) is 25.8 Å². The molecule has 0 unspecified atom stereocenters. The predicted molar refractivity (Wildman–Crippen MR) is 123 cm³/mol. The number of esters is 1. The Morgan fingerprint density at radius 1 is 1.06 bits per heavy atom. The van der Waals surface area contributed by atoms with E-state index >= 15 is 0 Å². The average molecular weight is 475 g/mol. The Morgan fingerprint density at radius 3 is 2.53 bits per heavy atom. The Kier molecular flexibility index (Phi) is 8.47. The van der Waals surface area contributed by atoms with Gasteiger partial charge in [-0.3, -0.25) is 9.59 Å². The summed E-state index contributed by atoms with van der Waals surface area (Å²) < 4.78 is 15.6. The van der Waals surface area contributed by atoms with E-state index in [0.29, 0.717) is 35.2 Å².